The maximum absolute atomic E-state index is 6.44. The van der Waals surface area contributed by atoms with Gasteiger partial charge >= 0.3 is 0 Å². The third kappa shape index (κ3) is 2.64. The lowest BCUT2D eigenvalue weighted by Crippen LogP contribution is -1.87. The minimum Gasteiger partial charge on any atom is -0.456 e. The fourth-order valence-electron chi connectivity index (χ4n) is 5.54. The molecule has 3 heteroatoms. The van der Waals surface area contributed by atoms with Gasteiger partial charge in [-0.15, -0.1) is 0 Å². The molecule has 0 saturated heterocycles. The summed E-state index contributed by atoms with van der Waals surface area (Å²) in [5.41, 5.74) is 5.91. The molecule has 2 heterocycles. The lowest BCUT2D eigenvalue weighted by molar-refractivity contribution is 0.664. The van der Waals surface area contributed by atoms with Gasteiger partial charge in [0.1, 0.15) is 22.3 Å². The number of fused-ring (bicyclic) bond motifs is 8. The predicted molar refractivity (Wildman–Crippen MR) is 149 cm³/mol. The second-order valence-corrected chi connectivity index (χ2v) is 9.83. The number of benzene rings is 6. The van der Waals surface area contributed by atoms with Crippen molar-refractivity contribution < 1.29 is 8.83 Å². The molecular weight excluding hydrogens is 496 g/mol. The molecule has 0 saturated carbocycles. The molecule has 35 heavy (non-hydrogen) atoms. The first-order valence-electron chi connectivity index (χ1n) is 11.6. The van der Waals surface area contributed by atoms with Crippen LogP contribution in [0.3, 0.4) is 0 Å². The van der Waals surface area contributed by atoms with Gasteiger partial charge < -0.3 is 8.83 Å². The van der Waals surface area contributed by atoms with Crippen LogP contribution in [0.2, 0.25) is 0 Å². The van der Waals surface area contributed by atoms with E-state index in [-0.39, 0.29) is 0 Å². The molecule has 2 nitrogen and oxygen atoms in total. The van der Waals surface area contributed by atoms with E-state index in [2.05, 4.69) is 101 Å². The molecule has 0 spiro atoms. The summed E-state index contributed by atoms with van der Waals surface area (Å²) in [6, 6.07) is 36.1. The minimum atomic E-state index is 0.877. The molecule has 0 amide bonds. The van der Waals surface area contributed by atoms with E-state index >= 15 is 0 Å². The first-order valence-corrected chi connectivity index (χ1v) is 12.4. The summed E-state index contributed by atoms with van der Waals surface area (Å²) in [4.78, 5) is 0. The Morgan fingerprint density at radius 1 is 0.400 bits per heavy atom. The van der Waals surface area contributed by atoms with Crippen molar-refractivity contribution in [3.8, 4) is 11.1 Å². The van der Waals surface area contributed by atoms with Gasteiger partial charge in [-0.1, -0.05) is 72.8 Å². The van der Waals surface area contributed by atoms with Crippen LogP contribution in [0.4, 0.5) is 0 Å². The highest BCUT2D eigenvalue weighted by Gasteiger charge is 2.17. The summed E-state index contributed by atoms with van der Waals surface area (Å²) < 4.78 is 13.7. The standard InChI is InChI=1S/C32H17BrO2/c33-32-23-10-3-1-8-21(23)31(22-9-2-4-11-24(22)32)18-13-14-20-26-17-29-25(16-30(26)35-28(20)15-18)19-7-5-6-12-27(19)34-29/h1-17H. The summed E-state index contributed by atoms with van der Waals surface area (Å²) in [5, 5.41) is 9.21. The molecule has 6 aromatic carbocycles. The van der Waals surface area contributed by atoms with Gasteiger partial charge in [0.05, 0.1) is 0 Å². The number of hydrogen-bond donors (Lipinski definition) is 0. The van der Waals surface area contributed by atoms with E-state index in [0.29, 0.717) is 0 Å². The summed E-state index contributed by atoms with van der Waals surface area (Å²) in [7, 11) is 0. The summed E-state index contributed by atoms with van der Waals surface area (Å²) in [6.07, 6.45) is 0. The molecule has 2 aromatic heterocycles. The van der Waals surface area contributed by atoms with Crippen molar-refractivity contribution in [1.82, 2.24) is 0 Å². The number of halogens is 1. The van der Waals surface area contributed by atoms with Crippen LogP contribution >= 0.6 is 15.9 Å². The third-order valence-corrected chi connectivity index (χ3v) is 7.98. The average molecular weight is 513 g/mol. The Morgan fingerprint density at radius 2 is 0.886 bits per heavy atom. The van der Waals surface area contributed by atoms with Gasteiger partial charge in [-0.05, 0) is 78.9 Å². The van der Waals surface area contributed by atoms with Gasteiger partial charge in [0.2, 0.25) is 0 Å². The van der Waals surface area contributed by atoms with Crippen molar-refractivity contribution in [3.05, 3.63) is 108 Å². The van der Waals surface area contributed by atoms with E-state index in [1.807, 2.05) is 18.2 Å². The highest BCUT2D eigenvalue weighted by atomic mass is 79.9. The van der Waals surface area contributed by atoms with E-state index in [1.165, 1.54) is 27.1 Å². The van der Waals surface area contributed by atoms with E-state index in [9.17, 15) is 0 Å². The predicted octanol–water partition coefficient (Wildman–Crippen LogP) is 10.2. The maximum atomic E-state index is 6.44. The monoisotopic (exact) mass is 512 g/mol. The van der Waals surface area contributed by atoms with Crippen molar-refractivity contribution in [1.29, 1.82) is 0 Å². The molecule has 0 aliphatic carbocycles. The number of rotatable bonds is 1. The van der Waals surface area contributed by atoms with Gasteiger partial charge in [0.15, 0.2) is 0 Å². The largest absolute Gasteiger partial charge is 0.456 e. The maximum Gasteiger partial charge on any atom is 0.136 e. The summed E-state index contributed by atoms with van der Waals surface area (Å²) in [5.74, 6) is 0. The zero-order chi connectivity index (χ0) is 23.1. The molecule has 0 fully saturated rings. The van der Waals surface area contributed by atoms with Crippen molar-refractivity contribution in [2.24, 2.45) is 0 Å². The van der Waals surface area contributed by atoms with Crippen molar-refractivity contribution in [2.45, 2.75) is 0 Å². The first-order chi connectivity index (χ1) is 17.3. The van der Waals surface area contributed by atoms with Gasteiger partial charge in [0.25, 0.3) is 0 Å². The zero-order valence-corrected chi connectivity index (χ0v) is 20.1. The normalized spacial score (nSPS) is 12.1. The molecule has 8 rings (SSSR count). The molecule has 8 aromatic rings. The second-order valence-electron chi connectivity index (χ2n) is 9.04. The van der Waals surface area contributed by atoms with Gasteiger partial charge in [-0.3, -0.25) is 0 Å². The van der Waals surface area contributed by atoms with Gasteiger partial charge in [0, 0.05) is 26.0 Å². The summed E-state index contributed by atoms with van der Waals surface area (Å²) >= 11 is 3.86. The fraction of sp³-hybridized carbons (Fsp3) is 0. The topological polar surface area (TPSA) is 26.3 Å². The second kappa shape index (κ2) is 6.97. The van der Waals surface area contributed by atoms with E-state index in [4.69, 9.17) is 8.83 Å². The van der Waals surface area contributed by atoms with E-state index < -0.39 is 0 Å². The number of hydrogen-bond acceptors (Lipinski definition) is 2. The fourth-order valence-corrected chi connectivity index (χ4v) is 6.23. The quantitative estimate of drug-likeness (QED) is 0.204. The Morgan fingerprint density at radius 3 is 1.54 bits per heavy atom. The van der Waals surface area contributed by atoms with Crippen LogP contribution in [-0.2, 0) is 0 Å². The third-order valence-electron chi connectivity index (χ3n) is 7.13. The molecule has 0 bridgehead atoms. The molecular formula is C32H17BrO2. The van der Waals surface area contributed by atoms with Crippen LogP contribution in [0.1, 0.15) is 0 Å². The first kappa shape index (κ1) is 19.2. The van der Waals surface area contributed by atoms with E-state index in [1.54, 1.807) is 0 Å². The SMILES string of the molecule is Brc1c2ccccc2c(-c2ccc3c(c2)oc2cc4c(cc23)oc2ccccc24)c2ccccc12. The molecule has 0 N–H and O–H groups in total. The molecule has 164 valence electrons. The minimum absolute atomic E-state index is 0.877. The van der Waals surface area contributed by atoms with Crippen molar-refractivity contribution in [2.75, 3.05) is 0 Å². The van der Waals surface area contributed by atoms with Gasteiger partial charge in [-0.2, -0.15) is 0 Å². The molecule has 0 aliphatic heterocycles. The van der Waals surface area contributed by atoms with Crippen LogP contribution < -0.4 is 0 Å². The van der Waals surface area contributed by atoms with Crippen LogP contribution in [-0.4, -0.2) is 0 Å². The number of furan rings is 2. The Balaban J connectivity index is 1.43. The average Bonchev–Trinajstić information content (AvgIpc) is 3.44. The van der Waals surface area contributed by atoms with Crippen LogP contribution in [0.25, 0.3) is 76.5 Å². The van der Waals surface area contributed by atoms with E-state index in [0.717, 1.165) is 53.9 Å². The molecule has 0 unspecified atom stereocenters. The molecule has 0 aliphatic rings. The Labute approximate surface area is 208 Å². The van der Waals surface area contributed by atoms with Crippen molar-refractivity contribution in [3.63, 3.8) is 0 Å². The van der Waals surface area contributed by atoms with Crippen LogP contribution in [0, 0.1) is 0 Å². The van der Waals surface area contributed by atoms with Crippen LogP contribution in [0.5, 0.6) is 0 Å². The summed E-state index contributed by atoms with van der Waals surface area (Å²) in [6.45, 7) is 0. The lowest BCUT2D eigenvalue weighted by atomic mass is 9.91. The zero-order valence-electron chi connectivity index (χ0n) is 18.5. The molecule has 0 atom stereocenters. The van der Waals surface area contributed by atoms with Gasteiger partial charge in [-0.25, -0.2) is 0 Å². The Bertz CT molecular complexity index is 2070. The Hall–Kier alpha value is -4.08. The van der Waals surface area contributed by atoms with Crippen LogP contribution in [0.15, 0.2) is 116 Å². The molecule has 0 radical (unpaired) electrons. The highest BCUT2D eigenvalue weighted by Crippen LogP contribution is 2.43. The highest BCUT2D eigenvalue weighted by molar-refractivity contribution is 9.10. The smallest absolute Gasteiger partial charge is 0.136 e. The van der Waals surface area contributed by atoms with Crippen molar-refractivity contribution >= 4 is 81.4 Å². The number of para-hydroxylation sites is 1. The lowest BCUT2D eigenvalue weighted by Gasteiger charge is -2.14. The Kier molecular flexibility index (Phi) is 3.83.